The van der Waals surface area contributed by atoms with Crippen molar-refractivity contribution >= 4 is 47.1 Å². The number of anilines is 1. The molecule has 0 aliphatic carbocycles. The topological polar surface area (TPSA) is 109 Å². The van der Waals surface area contributed by atoms with Crippen LogP contribution >= 0.6 is 23.2 Å². The number of alkyl halides is 5. The number of nitrogens with zero attached hydrogens (tertiary/aromatic N) is 3. The number of hydrogen-bond acceptors (Lipinski definition) is 5. The van der Waals surface area contributed by atoms with Gasteiger partial charge in [0.05, 0.1) is 17.3 Å². The van der Waals surface area contributed by atoms with Crippen LogP contribution in [-0.2, 0) is 4.79 Å². The van der Waals surface area contributed by atoms with Gasteiger partial charge in [-0.2, -0.15) is 32.2 Å². The number of halogens is 8. The van der Waals surface area contributed by atoms with Gasteiger partial charge in [-0.3, -0.25) is 4.79 Å². The fraction of sp³-hybridized carbons (Fsp3) is 0.263. The number of allylic oxidation sites excluding steroid dienone is 1. The summed E-state index contributed by atoms with van der Waals surface area (Å²) in [5, 5.41) is 17.0. The number of aliphatic carboxylic acids is 1. The molecule has 1 aromatic carbocycles. The van der Waals surface area contributed by atoms with Crippen LogP contribution in [-0.4, -0.2) is 45.1 Å². The van der Waals surface area contributed by atoms with Crippen molar-refractivity contribution in [3.8, 4) is 0 Å². The summed E-state index contributed by atoms with van der Waals surface area (Å²) in [6.07, 6.45) is -6.06. The highest BCUT2D eigenvalue weighted by Gasteiger charge is 2.64. The lowest BCUT2D eigenvalue weighted by Gasteiger charge is -2.37. The molecule has 8 nitrogen and oxygen atoms in total. The standard InChI is InChI=1S/C19H13Cl2F6N5O3/c20-10(15(21)17(34)35)7-28-30-16(33)12-6-14-29-11(8-1-3-9(22)4-2-8)5-13(32(14)31-12)18(23,24)19(25,26)27/h1-4,6-7,11,13,29H,5H2,(H,30,33)(H,34,35). The molecule has 2 heterocycles. The van der Waals surface area contributed by atoms with Crippen LogP contribution < -0.4 is 10.7 Å². The second-order valence-corrected chi connectivity index (χ2v) is 7.93. The molecule has 2 atom stereocenters. The molecule has 3 N–H and O–H groups in total. The molecule has 1 aliphatic heterocycles. The van der Waals surface area contributed by atoms with E-state index in [1.54, 1.807) is 0 Å². The van der Waals surface area contributed by atoms with Gasteiger partial charge in [-0.1, -0.05) is 35.3 Å². The van der Waals surface area contributed by atoms with Crippen molar-refractivity contribution in [1.82, 2.24) is 15.2 Å². The lowest BCUT2D eigenvalue weighted by molar-refractivity contribution is -0.301. The van der Waals surface area contributed by atoms with Crippen molar-refractivity contribution in [2.24, 2.45) is 5.10 Å². The Morgan fingerprint density at radius 1 is 1.20 bits per heavy atom. The van der Waals surface area contributed by atoms with Gasteiger partial charge in [0.1, 0.15) is 22.7 Å². The maximum Gasteiger partial charge on any atom is 0.455 e. The lowest BCUT2D eigenvalue weighted by atomic mass is 9.93. The summed E-state index contributed by atoms with van der Waals surface area (Å²) in [5.41, 5.74) is 1.52. The summed E-state index contributed by atoms with van der Waals surface area (Å²) in [4.78, 5) is 23.0. The first-order valence-electron chi connectivity index (χ1n) is 9.40. The Morgan fingerprint density at radius 2 is 1.83 bits per heavy atom. The molecule has 0 saturated heterocycles. The minimum Gasteiger partial charge on any atom is -0.477 e. The van der Waals surface area contributed by atoms with Crippen molar-refractivity contribution in [1.29, 1.82) is 0 Å². The Bertz CT molecular complexity index is 1200. The molecule has 2 unspecified atom stereocenters. The second kappa shape index (κ2) is 9.77. The predicted molar refractivity (Wildman–Crippen MR) is 112 cm³/mol. The number of carbonyl (C=O) groups is 2. The number of carbonyl (C=O) groups excluding carboxylic acids is 1. The van der Waals surface area contributed by atoms with E-state index in [1.165, 1.54) is 12.1 Å². The van der Waals surface area contributed by atoms with Crippen LogP contribution in [0.5, 0.6) is 0 Å². The molecule has 0 fully saturated rings. The largest absolute Gasteiger partial charge is 0.477 e. The van der Waals surface area contributed by atoms with Crippen LogP contribution in [0, 0.1) is 5.82 Å². The van der Waals surface area contributed by atoms with E-state index in [0.717, 1.165) is 18.2 Å². The third kappa shape index (κ3) is 5.53. The molecule has 3 rings (SSSR count). The Labute approximate surface area is 202 Å². The van der Waals surface area contributed by atoms with Gasteiger partial charge < -0.3 is 10.4 Å². The third-order valence-corrected chi connectivity index (χ3v) is 5.60. The van der Waals surface area contributed by atoms with Crippen LogP contribution in [0.4, 0.5) is 32.2 Å². The van der Waals surface area contributed by atoms with E-state index in [4.69, 9.17) is 28.3 Å². The molecule has 1 amide bonds. The fourth-order valence-corrected chi connectivity index (χ4v) is 3.36. The van der Waals surface area contributed by atoms with E-state index in [2.05, 4.69) is 15.5 Å². The number of hydrogen-bond donors (Lipinski definition) is 3. The molecular formula is C19H13Cl2F6N5O3. The number of benzene rings is 1. The molecule has 188 valence electrons. The van der Waals surface area contributed by atoms with Crippen LogP contribution in [0.15, 0.2) is 45.5 Å². The number of nitrogens with one attached hydrogen (secondary N) is 2. The minimum absolute atomic E-state index is 0.231. The number of hydrazone groups is 1. The van der Waals surface area contributed by atoms with E-state index in [-0.39, 0.29) is 11.4 Å². The first-order valence-corrected chi connectivity index (χ1v) is 10.2. The Balaban J connectivity index is 1.93. The number of rotatable bonds is 6. The van der Waals surface area contributed by atoms with Crippen LogP contribution in [0.1, 0.15) is 34.6 Å². The van der Waals surface area contributed by atoms with Gasteiger partial charge in [0.2, 0.25) is 0 Å². The van der Waals surface area contributed by atoms with Crippen molar-refractivity contribution in [2.75, 3.05) is 5.32 Å². The van der Waals surface area contributed by atoms with E-state index >= 15 is 0 Å². The Hall–Kier alpha value is -3.26. The smallest absolute Gasteiger partial charge is 0.455 e. The fourth-order valence-electron chi connectivity index (χ4n) is 3.18. The van der Waals surface area contributed by atoms with Crippen molar-refractivity contribution in [2.45, 2.75) is 30.6 Å². The minimum atomic E-state index is -5.93. The summed E-state index contributed by atoms with van der Waals surface area (Å²) in [6.45, 7) is 0. The van der Waals surface area contributed by atoms with Gasteiger partial charge in [-0.05, 0) is 17.7 Å². The maximum absolute atomic E-state index is 14.4. The first kappa shape index (κ1) is 26.3. The summed E-state index contributed by atoms with van der Waals surface area (Å²) in [7, 11) is 0. The molecule has 16 heteroatoms. The van der Waals surface area contributed by atoms with Crippen molar-refractivity contribution < 1.29 is 41.0 Å². The van der Waals surface area contributed by atoms with E-state index in [0.29, 0.717) is 10.9 Å². The summed E-state index contributed by atoms with van der Waals surface area (Å²) >= 11 is 10.9. The van der Waals surface area contributed by atoms with Crippen LogP contribution in [0.2, 0.25) is 0 Å². The molecule has 35 heavy (non-hydrogen) atoms. The molecule has 0 radical (unpaired) electrons. The van der Waals surface area contributed by atoms with Gasteiger partial charge in [0.25, 0.3) is 5.91 Å². The number of fused-ring (bicyclic) bond motifs is 1. The Kier molecular flexibility index (Phi) is 7.36. The average molecular weight is 544 g/mol. The number of amides is 1. The normalized spacial score (nSPS) is 19.1. The first-order chi connectivity index (χ1) is 16.2. The molecule has 0 saturated carbocycles. The number of carboxylic acids is 1. The lowest BCUT2D eigenvalue weighted by Crippen LogP contribution is -2.47. The monoisotopic (exact) mass is 543 g/mol. The quantitative estimate of drug-likeness (QED) is 0.210. The summed E-state index contributed by atoms with van der Waals surface area (Å²) in [6, 6.07) is 1.79. The predicted octanol–water partition coefficient (Wildman–Crippen LogP) is 4.81. The second-order valence-electron chi connectivity index (χ2n) is 7.15. The molecule has 1 aromatic heterocycles. The van der Waals surface area contributed by atoms with E-state index < -0.39 is 64.1 Å². The van der Waals surface area contributed by atoms with Gasteiger partial charge in [0, 0.05) is 12.5 Å². The molecule has 0 spiro atoms. The van der Waals surface area contributed by atoms with Crippen molar-refractivity contribution in [3.63, 3.8) is 0 Å². The van der Waals surface area contributed by atoms with Crippen molar-refractivity contribution in [3.05, 3.63) is 57.5 Å². The molecule has 0 bridgehead atoms. The summed E-state index contributed by atoms with van der Waals surface area (Å²) < 4.78 is 82.0. The van der Waals surface area contributed by atoms with Gasteiger partial charge >= 0.3 is 18.1 Å². The van der Waals surface area contributed by atoms with E-state index in [9.17, 15) is 35.9 Å². The molecular weight excluding hydrogens is 531 g/mol. The average Bonchev–Trinajstić information content (AvgIpc) is 3.21. The number of carboxylic acid groups (broad SMARTS) is 1. The van der Waals surface area contributed by atoms with Gasteiger partial charge in [0.15, 0.2) is 5.69 Å². The van der Waals surface area contributed by atoms with Crippen LogP contribution in [0.25, 0.3) is 0 Å². The zero-order valence-corrected chi connectivity index (χ0v) is 18.5. The third-order valence-electron chi connectivity index (χ3n) is 4.85. The molecule has 2 aromatic rings. The van der Waals surface area contributed by atoms with Gasteiger partial charge in [-0.25, -0.2) is 19.3 Å². The molecule has 1 aliphatic rings. The highest BCUT2D eigenvalue weighted by molar-refractivity contribution is 6.51. The van der Waals surface area contributed by atoms with Crippen LogP contribution in [0.3, 0.4) is 0 Å². The maximum atomic E-state index is 14.4. The SMILES string of the molecule is O=C(O)C(Cl)=C(Cl)C=NNC(=O)c1cc2n(n1)C(C(F)(F)C(F)(F)F)CC(c1ccc(F)cc1)N2. The Morgan fingerprint density at radius 3 is 2.40 bits per heavy atom. The zero-order chi connectivity index (χ0) is 26.1. The summed E-state index contributed by atoms with van der Waals surface area (Å²) in [5.74, 6) is -8.90. The highest BCUT2D eigenvalue weighted by atomic mass is 35.5. The van der Waals surface area contributed by atoms with Gasteiger partial charge in [-0.15, -0.1) is 0 Å². The number of aromatic nitrogens is 2. The zero-order valence-electron chi connectivity index (χ0n) is 17.0. The highest BCUT2D eigenvalue weighted by Crippen LogP contribution is 2.50. The van der Waals surface area contributed by atoms with E-state index in [1.807, 2.05) is 5.43 Å².